The van der Waals surface area contributed by atoms with Crippen LogP contribution in [0.5, 0.6) is 0 Å². The van der Waals surface area contributed by atoms with Crippen molar-refractivity contribution in [2.24, 2.45) is 0 Å². The van der Waals surface area contributed by atoms with Crippen LogP contribution in [-0.2, 0) is 0 Å². The molecule has 0 radical (unpaired) electrons. The zero-order valence-electron chi connectivity index (χ0n) is 11.7. The topological polar surface area (TPSA) is 19.4 Å². The molecular formula is C17H19N3. The average Bonchev–Trinajstić information content (AvgIpc) is 3.07. The molecule has 3 heterocycles. The molecule has 4 rings (SSSR count). The van der Waals surface area contributed by atoms with Gasteiger partial charge in [-0.05, 0) is 31.2 Å². The van der Waals surface area contributed by atoms with Crippen molar-refractivity contribution in [2.75, 3.05) is 25.0 Å². The second kappa shape index (κ2) is 4.60. The first-order valence-corrected chi connectivity index (χ1v) is 7.29. The lowest BCUT2D eigenvalue weighted by Crippen LogP contribution is -2.44. The second-order valence-electron chi connectivity index (χ2n) is 5.91. The summed E-state index contributed by atoms with van der Waals surface area (Å²) in [6.45, 7) is 2.30. The summed E-state index contributed by atoms with van der Waals surface area (Å²) >= 11 is 0. The van der Waals surface area contributed by atoms with Crippen LogP contribution in [0.4, 0.5) is 5.82 Å². The number of likely N-dealkylation sites (N-methyl/N-ethyl adjacent to an activating group) is 1. The quantitative estimate of drug-likeness (QED) is 0.832. The van der Waals surface area contributed by atoms with E-state index in [1.54, 1.807) is 0 Å². The van der Waals surface area contributed by atoms with Crippen LogP contribution < -0.4 is 4.90 Å². The van der Waals surface area contributed by atoms with E-state index in [1.807, 2.05) is 12.3 Å². The summed E-state index contributed by atoms with van der Waals surface area (Å²) in [7, 11) is 2.23. The molecule has 2 aliphatic rings. The highest BCUT2D eigenvalue weighted by Crippen LogP contribution is 2.33. The van der Waals surface area contributed by atoms with Crippen LogP contribution in [0.1, 0.15) is 6.42 Å². The first-order valence-electron chi connectivity index (χ1n) is 7.29. The fourth-order valence-electron chi connectivity index (χ4n) is 3.50. The van der Waals surface area contributed by atoms with E-state index in [-0.39, 0.29) is 0 Å². The van der Waals surface area contributed by atoms with Gasteiger partial charge in [0.05, 0.1) is 0 Å². The molecule has 2 fully saturated rings. The van der Waals surface area contributed by atoms with E-state index >= 15 is 0 Å². The van der Waals surface area contributed by atoms with Gasteiger partial charge < -0.3 is 4.90 Å². The van der Waals surface area contributed by atoms with Crippen molar-refractivity contribution in [3.8, 4) is 11.1 Å². The third-order valence-electron chi connectivity index (χ3n) is 4.66. The summed E-state index contributed by atoms with van der Waals surface area (Å²) in [6.07, 6.45) is 3.29. The third kappa shape index (κ3) is 1.90. The Morgan fingerprint density at radius 1 is 0.950 bits per heavy atom. The summed E-state index contributed by atoms with van der Waals surface area (Å²) in [6, 6.07) is 16.2. The van der Waals surface area contributed by atoms with Crippen LogP contribution in [0.15, 0.2) is 48.7 Å². The molecule has 2 atom stereocenters. The van der Waals surface area contributed by atoms with E-state index in [2.05, 4.69) is 58.2 Å². The highest BCUT2D eigenvalue weighted by molar-refractivity contribution is 5.64. The minimum Gasteiger partial charge on any atom is -0.351 e. The van der Waals surface area contributed by atoms with E-state index in [0.717, 1.165) is 18.4 Å². The first kappa shape index (κ1) is 11.9. The van der Waals surface area contributed by atoms with Gasteiger partial charge in [-0.25, -0.2) is 4.98 Å². The van der Waals surface area contributed by atoms with Gasteiger partial charge in [-0.2, -0.15) is 0 Å². The summed E-state index contributed by atoms with van der Waals surface area (Å²) in [5.41, 5.74) is 2.42. The van der Waals surface area contributed by atoms with Crippen molar-refractivity contribution < 1.29 is 0 Å². The number of pyridine rings is 1. The van der Waals surface area contributed by atoms with Crippen LogP contribution in [0.3, 0.4) is 0 Å². The largest absolute Gasteiger partial charge is 0.351 e. The van der Waals surface area contributed by atoms with Crippen LogP contribution in [0.2, 0.25) is 0 Å². The second-order valence-corrected chi connectivity index (χ2v) is 5.91. The number of anilines is 1. The monoisotopic (exact) mass is 265 g/mol. The minimum absolute atomic E-state index is 0.653. The van der Waals surface area contributed by atoms with E-state index in [1.165, 1.54) is 24.1 Å². The molecule has 0 saturated carbocycles. The van der Waals surface area contributed by atoms with Crippen molar-refractivity contribution >= 4 is 5.82 Å². The van der Waals surface area contributed by atoms with Crippen LogP contribution in [0.25, 0.3) is 11.1 Å². The number of piperazine rings is 1. The molecule has 0 unspecified atom stereocenters. The number of fused-ring (bicyclic) bond motifs is 2. The van der Waals surface area contributed by atoms with Crippen LogP contribution in [-0.4, -0.2) is 42.1 Å². The normalized spacial score (nSPS) is 25.4. The van der Waals surface area contributed by atoms with E-state index in [4.69, 9.17) is 0 Å². The first-order chi connectivity index (χ1) is 9.81. The third-order valence-corrected chi connectivity index (χ3v) is 4.66. The van der Waals surface area contributed by atoms with Crippen molar-refractivity contribution in [2.45, 2.75) is 18.5 Å². The molecule has 0 N–H and O–H groups in total. The zero-order chi connectivity index (χ0) is 13.5. The standard InChI is InChI=1S/C17H19N3/c1-19-11-16-9-15(19)12-20(16)17-8-7-14(10-18-17)13-5-3-2-4-6-13/h2-8,10,15-16H,9,11-12H2,1H3/t15-,16-/m0/s1. The number of hydrogen-bond acceptors (Lipinski definition) is 3. The Hall–Kier alpha value is -1.87. The minimum atomic E-state index is 0.653. The Morgan fingerprint density at radius 2 is 1.80 bits per heavy atom. The molecule has 0 amide bonds. The molecule has 1 aromatic carbocycles. The van der Waals surface area contributed by atoms with Gasteiger partial charge in [0.1, 0.15) is 5.82 Å². The molecule has 1 aromatic heterocycles. The summed E-state index contributed by atoms with van der Waals surface area (Å²) in [5, 5.41) is 0. The number of benzene rings is 1. The molecule has 2 saturated heterocycles. The molecule has 2 aliphatic heterocycles. The van der Waals surface area contributed by atoms with Gasteiger partial charge in [-0.1, -0.05) is 30.3 Å². The van der Waals surface area contributed by atoms with Crippen LogP contribution >= 0.6 is 0 Å². The molecule has 3 nitrogen and oxygen atoms in total. The summed E-state index contributed by atoms with van der Waals surface area (Å²) in [4.78, 5) is 9.63. The SMILES string of the molecule is CN1C[C@@H]2C[C@H]1CN2c1ccc(-c2ccccc2)cn1. The fourth-order valence-corrected chi connectivity index (χ4v) is 3.50. The lowest BCUT2D eigenvalue weighted by molar-refractivity contribution is 0.292. The highest BCUT2D eigenvalue weighted by Gasteiger charge is 2.41. The molecule has 2 aromatic rings. The molecule has 0 spiro atoms. The number of rotatable bonds is 2. The number of nitrogens with zero attached hydrogens (tertiary/aromatic N) is 3. The predicted molar refractivity (Wildman–Crippen MR) is 81.8 cm³/mol. The van der Waals surface area contributed by atoms with Gasteiger partial charge >= 0.3 is 0 Å². The predicted octanol–water partition coefficient (Wildman–Crippen LogP) is 2.64. The molecular weight excluding hydrogens is 246 g/mol. The van der Waals surface area contributed by atoms with Gasteiger partial charge in [0.15, 0.2) is 0 Å². The zero-order valence-corrected chi connectivity index (χ0v) is 11.7. The maximum atomic E-state index is 4.69. The highest BCUT2D eigenvalue weighted by atomic mass is 15.4. The Bertz CT molecular complexity index is 591. The van der Waals surface area contributed by atoms with E-state index in [9.17, 15) is 0 Å². The summed E-state index contributed by atoms with van der Waals surface area (Å²) in [5.74, 6) is 1.13. The smallest absolute Gasteiger partial charge is 0.128 e. The van der Waals surface area contributed by atoms with Gasteiger partial charge in [0, 0.05) is 36.9 Å². The van der Waals surface area contributed by atoms with E-state index < -0.39 is 0 Å². The van der Waals surface area contributed by atoms with Crippen molar-refractivity contribution in [3.05, 3.63) is 48.7 Å². The van der Waals surface area contributed by atoms with Crippen LogP contribution in [0, 0.1) is 0 Å². The Morgan fingerprint density at radius 3 is 2.40 bits per heavy atom. The summed E-state index contributed by atoms with van der Waals surface area (Å²) < 4.78 is 0. The van der Waals surface area contributed by atoms with Crippen molar-refractivity contribution in [1.82, 2.24) is 9.88 Å². The lowest BCUT2D eigenvalue weighted by atomic mass is 10.1. The Kier molecular flexibility index (Phi) is 2.74. The molecule has 102 valence electrons. The Labute approximate surface area is 119 Å². The molecule has 3 heteroatoms. The van der Waals surface area contributed by atoms with Gasteiger partial charge in [0.25, 0.3) is 0 Å². The fraction of sp³-hybridized carbons (Fsp3) is 0.353. The molecule has 20 heavy (non-hydrogen) atoms. The maximum absolute atomic E-state index is 4.69. The number of hydrogen-bond donors (Lipinski definition) is 0. The average molecular weight is 265 g/mol. The molecule has 2 bridgehead atoms. The van der Waals surface area contributed by atoms with Crippen molar-refractivity contribution in [3.63, 3.8) is 0 Å². The van der Waals surface area contributed by atoms with Gasteiger partial charge in [-0.3, -0.25) is 4.90 Å². The lowest BCUT2D eigenvalue weighted by Gasteiger charge is -2.32. The Balaban J connectivity index is 1.57. The van der Waals surface area contributed by atoms with E-state index in [0.29, 0.717) is 6.04 Å². The number of aromatic nitrogens is 1. The van der Waals surface area contributed by atoms with Gasteiger partial charge in [-0.15, -0.1) is 0 Å². The van der Waals surface area contributed by atoms with Gasteiger partial charge in [0.2, 0.25) is 0 Å². The maximum Gasteiger partial charge on any atom is 0.128 e. The van der Waals surface area contributed by atoms with Crippen molar-refractivity contribution in [1.29, 1.82) is 0 Å². The number of likely N-dealkylation sites (tertiary alicyclic amines) is 1. The molecule has 0 aliphatic carbocycles.